The summed E-state index contributed by atoms with van der Waals surface area (Å²) < 4.78 is 39.0. The summed E-state index contributed by atoms with van der Waals surface area (Å²) in [5, 5.41) is 0.863. The molecule has 0 bridgehead atoms. The van der Waals surface area contributed by atoms with Crippen LogP contribution >= 0.6 is 11.3 Å². The Morgan fingerprint density at radius 1 is 1.04 bits per heavy atom. The van der Waals surface area contributed by atoms with E-state index in [1.165, 1.54) is 12.1 Å². The summed E-state index contributed by atoms with van der Waals surface area (Å²) in [5.74, 6) is -0.0753. The summed E-state index contributed by atoms with van der Waals surface area (Å²) in [6.45, 7) is 0.980. The maximum absolute atomic E-state index is 12.6. The number of nitrogens with zero attached hydrogens (tertiary/aromatic N) is 3. The van der Waals surface area contributed by atoms with E-state index in [1.54, 1.807) is 35.2 Å². The molecule has 1 amide bonds. The van der Waals surface area contributed by atoms with Crippen LogP contribution in [0.1, 0.15) is 16.1 Å². The number of fused-ring (bicyclic) bond motifs is 1. The first-order valence-corrected chi connectivity index (χ1v) is 9.47. The van der Waals surface area contributed by atoms with Crippen molar-refractivity contribution in [1.82, 2.24) is 14.8 Å². The average Bonchev–Trinajstić information content (AvgIpc) is 3.03. The molecule has 0 saturated heterocycles. The molecule has 0 atom stereocenters. The second-order valence-electron chi connectivity index (χ2n) is 6.69. The molecule has 3 aromatic rings. The van der Waals surface area contributed by atoms with Crippen LogP contribution in [0.15, 0.2) is 48.5 Å². The molecule has 148 valence electrons. The van der Waals surface area contributed by atoms with Gasteiger partial charge in [-0.25, -0.2) is 4.98 Å². The number of halogens is 3. The highest BCUT2D eigenvalue weighted by Gasteiger charge is 2.29. The number of benzene rings is 2. The van der Waals surface area contributed by atoms with Gasteiger partial charge in [0, 0.05) is 13.6 Å². The van der Waals surface area contributed by atoms with E-state index in [9.17, 15) is 18.0 Å². The second-order valence-corrected chi connectivity index (χ2v) is 7.81. The van der Waals surface area contributed by atoms with E-state index >= 15 is 0 Å². The largest absolute Gasteiger partial charge is 0.416 e. The zero-order valence-electron chi connectivity index (χ0n) is 15.5. The normalized spacial score (nSPS) is 11.9. The van der Waals surface area contributed by atoms with Gasteiger partial charge in [0.25, 0.3) is 0 Å². The Morgan fingerprint density at radius 2 is 1.71 bits per heavy atom. The molecule has 0 unspecified atom stereocenters. The van der Waals surface area contributed by atoms with Gasteiger partial charge in [0.15, 0.2) is 0 Å². The Kier molecular flexibility index (Phi) is 6.00. The first-order chi connectivity index (χ1) is 13.2. The number of aromatic nitrogens is 1. The standard InChI is InChI=1S/C20H20F3N3OS/c1-25(11-14-7-9-15(10-8-14)20(21,22)23)13-19(27)26(2)12-18-24-16-5-3-4-6-17(16)28-18/h3-10H,11-13H2,1-2H3. The van der Waals surface area contributed by atoms with Gasteiger partial charge in [-0.05, 0) is 36.9 Å². The Morgan fingerprint density at radius 3 is 2.36 bits per heavy atom. The molecule has 4 nitrogen and oxygen atoms in total. The number of para-hydroxylation sites is 1. The number of likely N-dealkylation sites (N-methyl/N-ethyl adjacent to an activating group) is 2. The zero-order valence-corrected chi connectivity index (χ0v) is 16.3. The van der Waals surface area contributed by atoms with Crippen LogP contribution in [0.25, 0.3) is 10.2 Å². The molecular weight excluding hydrogens is 387 g/mol. The first-order valence-electron chi connectivity index (χ1n) is 8.65. The fourth-order valence-corrected chi connectivity index (χ4v) is 3.82. The maximum atomic E-state index is 12.6. The van der Waals surface area contributed by atoms with Gasteiger partial charge in [0.2, 0.25) is 5.91 Å². The molecule has 3 rings (SSSR count). The van der Waals surface area contributed by atoms with Crippen molar-refractivity contribution in [2.24, 2.45) is 0 Å². The van der Waals surface area contributed by atoms with Crippen LogP contribution in [-0.2, 0) is 24.1 Å². The summed E-state index contributed by atoms with van der Waals surface area (Å²) in [4.78, 5) is 20.4. The summed E-state index contributed by atoms with van der Waals surface area (Å²) in [6.07, 6.45) is -4.34. The van der Waals surface area contributed by atoms with Crippen LogP contribution in [0, 0.1) is 0 Å². The van der Waals surface area contributed by atoms with Gasteiger partial charge in [0.05, 0.1) is 28.9 Å². The lowest BCUT2D eigenvalue weighted by Crippen LogP contribution is -2.36. The third-order valence-corrected chi connectivity index (χ3v) is 5.30. The van der Waals surface area contributed by atoms with Crippen molar-refractivity contribution >= 4 is 27.5 Å². The number of hydrogen-bond donors (Lipinski definition) is 0. The second kappa shape index (κ2) is 8.28. The van der Waals surface area contributed by atoms with Crippen molar-refractivity contribution in [3.05, 3.63) is 64.7 Å². The lowest BCUT2D eigenvalue weighted by atomic mass is 10.1. The van der Waals surface area contributed by atoms with Crippen molar-refractivity contribution in [1.29, 1.82) is 0 Å². The zero-order chi connectivity index (χ0) is 20.3. The van der Waals surface area contributed by atoms with E-state index in [0.717, 1.165) is 32.9 Å². The molecule has 2 aromatic carbocycles. The molecule has 0 saturated carbocycles. The quantitative estimate of drug-likeness (QED) is 0.608. The SMILES string of the molecule is CN(CC(=O)N(C)Cc1nc2ccccc2s1)Cc1ccc(C(F)(F)F)cc1. The Labute approximate surface area is 165 Å². The van der Waals surface area contributed by atoms with Gasteiger partial charge in [-0.3, -0.25) is 9.69 Å². The van der Waals surface area contributed by atoms with E-state index in [-0.39, 0.29) is 12.5 Å². The van der Waals surface area contributed by atoms with Gasteiger partial charge in [-0.15, -0.1) is 11.3 Å². The molecule has 0 fully saturated rings. The molecule has 0 radical (unpaired) electrons. The van der Waals surface area contributed by atoms with Crippen LogP contribution < -0.4 is 0 Å². The van der Waals surface area contributed by atoms with E-state index < -0.39 is 11.7 Å². The van der Waals surface area contributed by atoms with Crippen molar-refractivity contribution in [3.8, 4) is 0 Å². The average molecular weight is 407 g/mol. The number of hydrogen-bond acceptors (Lipinski definition) is 4. The minimum atomic E-state index is -4.34. The molecule has 1 heterocycles. The highest BCUT2D eigenvalue weighted by molar-refractivity contribution is 7.18. The lowest BCUT2D eigenvalue weighted by molar-refractivity contribution is -0.137. The number of rotatable bonds is 6. The number of amides is 1. The summed E-state index contributed by atoms with van der Waals surface area (Å²) in [6, 6.07) is 12.8. The molecule has 0 N–H and O–H groups in total. The van der Waals surface area contributed by atoms with Crippen LogP contribution in [0.4, 0.5) is 13.2 Å². The number of thiazole rings is 1. The fourth-order valence-electron chi connectivity index (χ4n) is 2.80. The molecule has 0 aliphatic heterocycles. The first kappa shape index (κ1) is 20.3. The van der Waals surface area contributed by atoms with E-state index in [2.05, 4.69) is 4.98 Å². The number of carbonyl (C=O) groups is 1. The lowest BCUT2D eigenvalue weighted by Gasteiger charge is -2.21. The van der Waals surface area contributed by atoms with Crippen LogP contribution in [0.3, 0.4) is 0 Å². The molecule has 0 aliphatic carbocycles. The summed E-state index contributed by atoms with van der Waals surface area (Å²) >= 11 is 1.56. The number of alkyl halides is 3. The molecule has 28 heavy (non-hydrogen) atoms. The molecule has 1 aromatic heterocycles. The van der Waals surface area contributed by atoms with Crippen LogP contribution in [0.2, 0.25) is 0 Å². The van der Waals surface area contributed by atoms with Crippen LogP contribution in [0.5, 0.6) is 0 Å². The minimum Gasteiger partial charge on any atom is -0.338 e. The van der Waals surface area contributed by atoms with Crippen molar-refractivity contribution in [2.45, 2.75) is 19.3 Å². The molecule has 8 heteroatoms. The molecule has 0 aliphatic rings. The van der Waals surface area contributed by atoms with Crippen molar-refractivity contribution < 1.29 is 18.0 Å². The smallest absolute Gasteiger partial charge is 0.338 e. The topological polar surface area (TPSA) is 36.4 Å². The minimum absolute atomic E-state index is 0.0753. The summed E-state index contributed by atoms with van der Waals surface area (Å²) in [7, 11) is 3.49. The van der Waals surface area contributed by atoms with E-state index in [4.69, 9.17) is 0 Å². The third-order valence-electron chi connectivity index (χ3n) is 4.28. The van der Waals surface area contributed by atoms with Gasteiger partial charge >= 0.3 is 6.18 Å². The van der Waals surface area contributed by atoms with E-state index in [1.807, 2.05) is 24.3 Å². The Bertz CT molecular complexity index is 920. The summed E-state index contributed by atoms with van der Waals surface area (Å²) in [5.41, 5.74) is 0.963. The predicted octanol–water partition coefficient (Wildman–Crippen LogP) is 4.41. The van der Waals surface area contributed by atoms with Gasteiger partial charge in [-0.1, -0.05) is 24.3 Å². The highest BCUT2D eigenvalue weighted by Crippen LogP contribution is 2.29. The highest BCUT2D eigenvalue weighted by atomic mass is 32.1. The van der Waals surface area contributed by atoms with Crippen LogP contribution in [-0.4, -0.2) is 41.3 Å². The number of carbonyl (C=O) groups excluding carboxylic acids is 1. The predicted molar refractivity (Wildman–Crippen MR) is 104 cm³/mol. The molecule has 0 spiro atoms. The van der Waals surface area contributed by atoms with Gasteiger partial charge in [-0.2, -0.15) is 13.2 Å². The van der Waals surface area contributed by atoms with E-state index in [0.29, 0.717) is 13.1 Å². The Balaban J connectivity index is 1.54. The molecular formula is C20H20F3N3OS. The monoisotopic (exact) mass is 407 g/mol. The van der Waals surface area contributed by atoms with Crippen molar-refractivity contribution in [2.75, 3.05) is 20.6 Å². The van der Waals surface area contributed by atoms with Gasteiger partial charge in [0.1, 0.15) is 5.01 Å². The maximum Gasteiger partial charge on any atom is 0.416 e. The Hall–Kier alpha value is -2.45. The van der Waals surface area contributed by atoms with Crippen molar-refractivity contribution in [3.63, 3.8) is 0 Å². The van der Waals surface area contributed by atoms with Gasteiger partial charge < -0.3 is 4.90 Å². The third kappa shape index (κ3) is 5.08. The fraction of sp³-hybridized carbons (Fsp3) is 0.300.